The predicted molar refractivity (Wildman–Crippen MR) is 80.2 cm³/mol. The summed E-state index contributed by atoms with van der Waals surface area (Å²) in [7, 11) is 1.73. The van der Waals surface area contributed by atoms with Crippen molar-refractivity contribution in [2.24, 2.45) is 5.92 Å². The van der Waals surface area contributed by atoms with Gasteiger partial charge in [0.15, 0.2) is 0 Å². The summed E-state index contributed by atoms with van der Waals surface area (Å²) < 4.78 is 5.33. The Morgan fingerprint density at radius 2 is 2.15 bits per heavy atom. The van der Waals surface area contributed by atoms with Crippen molar-refractivity contribution in [3.63, 3.8) is 0 Å². The number of ether oxygens (including phenoxy) is 1. The fourth-order valence-electron chi connectivity index (χ4n) is 3.78. The maximum Gasteiger partial charge on any atom is 0.119 e. The molecule has 3 atom stereocenters. The number of fused-ring (bicyclic) bond motifs is 1. The molecular weight excluding hydrogens is 250 g/mol. The van der Waals surface area contributed by atoms with Gasteiger partial charge >= 0.3 is 0 Å². The smallest absolute Gasteiger partial charge is 0.119 e. The molecule has 0 saturated heterocycles. The largest absolute Gasteiger partial charge is 0.497 e. The van der Waals surface area contributed by atoms with Gasteiger partial charge in [-0.25, -0.2) is 0 Å². The average Bonchev–Trinajstić information content (AvgIpc) is 2.93. The molecule has 1 fully saturated rings. The first kappa shape index (κ1) is 13.9. The molecule has 0 heterocycles. The van der Waals surface area contributed by atoms with E-state index in [4.69, 9.17) is 4.74 Å². The highest BCUT2D eigenvalue weighted by atomic mass is 16.5. The molecule has 0 amide bonds. The van der Waals surface area contributed by atoms with Gasteiger partial charge in [0, 0.05) is 18.7 Å². The Labute approximate surface area is 121 Å². The van der Waals surface area contributed by atoms with E-state index in [0.29, 0.717) is 24.6 Å². The lowest BCUT2D eigenvalue weighted by Crippen LogP contribution is -2.44. The van der Waals surface area contributed by atoms with Gasteiger partial charge < -0.3 is 15.2 Å². The monoisotopic (exact) mass is 275 g/mol. The predicted octanol–water partition coefficient (Wildman–Crippen LogP) is 2.30. The van der Waals surface area contributed by atoms with Crippen molar-refractivity contribution in [2.75, 3.05) is 13.7 Å². The minimum absolute atomic E-state index is 0.328. The molecule has 2 aliphatic carbocycles. The van der Waals surface area contributed by atoms with Gasteiger partial charge in [0.25, 0.3) is 0 Å². The van der Waals surface area contributed by atoms with E-state index in [0.717, 1.165) is 18.6 Å². The minimum Gasteiger partial charge on any atom is -0.497 e. The number of nitrogens with one attached hydrogen (secondary N) is 1. The molecule has 20 heavy (non-hydrogen) atoms. The molecule has 2 aliphatic rings. The van der Waals surface area contributed by atoms with E-state index in [1.165, 1.54) is 36.8 Å². The van der Waals surface area contributed by atoms with Gasteiger partial charge in [0.2, 0.25) is 0 Å². The fraction of sp³-hybridized carbons (Fsp3) is 0.647. The van der Waals surface area contributed by atoms with E-state index in [-0.39, 0.29) is 0 Å². The molecule has 0 radical (unpaired) electrons. The van der Waals surface area contributed by atoms with Crippen LogP contribution in [0.4, 0.5) is 0 Å². The van der Waals surface area contributed by atoms with Crippen molar-refractivity contribution in [2.45, 2.75) is 50.6 Å². The molecule has 0 aromatic heterocycles. The number of hydrogen-bond donors (Lipinski definition) is 2. The molecule has 2 N–H and O–H groups in total. The Morgan fingerprint density at radius 1 is 1.25 bits per heavy atom. The molecular formula is C17H25NO2. The molecule has 0 bridgehead atoms. The number of methoxy groups -OCH3 is 1. The highest BCUT2D eigenvalue weighted by molar-refractivity contribution is 5.37. The van der Waals surface area contributed by atoms with Crippen LogP contribution < -0.4 is 10.1 Å². The van der Waals surface area contributed by atoms with Crippen LogP contribution in [-0.2, 0) is 12.8 Å². The van der Waals surface area contributed by atoms with Gasteiger partial charge in [-0.1, -0.05) is 12.5 Å². The van der Waals surface area contributed by atoms with Crippen LogP contribution >= 0.6 is 0 Å². The third-order valence-electron chi connectivity index (χ3n) is 4.99. The molecule has 3 heteroatoms. The minimum atomic E-state index is 0.328. The Balaban J connectivity index is 1.65. The molecule has 1 saturated carbocycles. The molecule has 3 nitrogen and oxygen atoms in total. The van der Waals surface area contributed by atoms with E-state index >= 15 is 0 Å². The van der Waals surface area contributed by atoms with E-state index in [1.54, 1.807) is 7.11 Å². The maximum atomic E-state index is 9.44. The molecule has 1 aromatic carbocycles. The Kier molecular flexibility index (Phi) is 4.27. The molecule has 110 valence electrons. The lowest BCUT2D eigenvalue weighted by Gasteiger charge is -2.30. The van der Waals surface area contributed by atoms with Crippen molar-refractivity contribution in [3.05, 3.63) is 29.3 Å². The van der Waals surface area contributed by atoms with Crippen molar-refractivity contribution in [1.29, 1.82) is 0 Å². The van der Waals surface area contributed by atoms with Crippen molar-refractivity contribution in [3.8, 4) is 5.75 Å². The summed E-state index contributed by atoms with van der Waals surface area (Å²) in [6.07, 6.45) is 7.07. The normalized spacial score (nSPS) is 29.2. The quantitative estimate of drug-likeness (QED) is 0.886. The first-order valence-electron chi connectivity index (χ1n) is 7.83. The second kappa shape index (κ2) is 6.15. The number of aliphatic hydroxyl groups excluding tert-OH is 1. The molecule has 3 rings (SSSR count). The lowest BCUT2D eigenvalue weighted by molar-refractivity contribution is 0.197. The van der Waals surface area contributed by atoms with Gasteiger partial charge in [-0.3, -0.25) is 0 Å². The van der Waals surface area contributed by atoms with E-state index in [9.17, 15) is 5.11 Å². The molecule has 0 spiro atoms. The first-order valence-corrected chi connectivity index (χ1v) is 7.83. The van der Waals surface area contributed by atoms with E-state index in [1.807, 2.05) is 0 Å². The first-order chi connectivity index (χ1) is 9.80. The maximum absolute atomic E-state index is 9.44. The third-order valence-corrected chi connectivity index (χ3v) is 4.99. The standard InChI is InChI=1S/C17H25NO2/c1-20-16-8-6-12-5-7-15(9-14(12)10-16)18-17-4-2-3-13(17)11-19/h6,8,10,13,15,17-19H,2-5,7,9,11H2,1H3/t13-,15+,17+/m0/s1. The van der Waals surface area contributed by atoms with Gasteiger partial charge in [-0.2, -0.15) is 0 Å². The third kappa shape index (κ3) is 2.84. The van der Waals surface area contributed by atoms with Crippen LogP contribution in [0.25, 0.3) is 0 Å². The summed E-state index contributed by atoms with van der Waals surface area (Å²) >= 11 is 0. The lowest BCUT2D eigenvalue weighted by atomic mass is 9.87. The summed E-state index contributed by atoms with van der Waals surface area (Å²) in [5.41, 5.74) is 2.89. The van der Waals surface area contributed by atoms with Crippen LogP contribution in [0.3, 0.4) is 0 Å². The highest BCUT2D eigenvalue weighted by Gasteiger charge is 2.29. The summed E-state index contributed by atoms with van der Waals surface area (Å²) in [5.74, 6) is 1.42. The van der Waals surface area contributed by atoms with Gasteiger partial charge in [0.1, 0.15) is 5.75 Å². The molecule has 0 unspecified atom stereocenters. The van der Waals surface area contributed by atoms with Crippen molar-refractivity contribution < 1.29 is 9.84 Å². The van der Waals surface area contributed by atoms with E-state index in [2.05, 4.69) is 23.5 Å². The Bertz CT molecular complexity index is 460. The zero-order valence-electron chi connectivity index (χ0n) is 12.3. The molecule has 0 aliphatic heterocycles. The second-order valence-corrected chi connectivity index (χ2v) is 6.22. The number of aryl methyl sites for hydroxylation is 1. The second-order valence-electron chi connectivity index (χ2n) is 6.22. The molecule has 1 aromatic rings. The zero-order chi connectivity index (χ0) is 13.9. The van der Waals surface area contributed by atoms with Crippen LogP contribution in [0.2, 0.25) is 0 Å². The van der Waals surface area contributed by atoms with Gasteiger partial charge in [-0.05, 0) is 61.3 Å². The van der Waals surface area contributed by atoms with E-state index < -0.39 is 0 Å². The van der Waals surface area contributed by atoms with Crippen LogP contribution in [0.1, 0.15) is 36.8 Å². The summed E-state index contributed by atoms with van der Waals surface area (Å²) in [5, 5.41) is 13.2. The Hall–Kier alpha value is -1.06. The number of hydrogen-bond acceptors (Lipinski definition) is 3. The van der Waals surface area contributed by atoms with Crippen LogP contribution in [0.5, 0.6) is 5.75 Å². The average molecular weight is 275 g/mol. The fourth-order valence-corrected chi connectivity index (χ4v) is 3.78. The zero-order valence-corrected chi connectivity index (χ0v) is 12.3. The van der Waals surface area contributed by atoms with Gasteiger partial charge in [-0.15, -0.1) is 0 Å². The Morgan fingerprint density at radius 3 is 2.95 bits per heavy atom. The topological polar surface area (TPSA) is 41.5 Å². The number of rotatable bonds is 4. The summed E-state index contributed by atoms with van der Waals surface area (Å²) in [4.78, 5) is 0. The highest BCUT2D eigenvalue weighted by Crippen LogP contribution is 2.29. The van der Waals surface area contributed by atoms with Gasteiger partial charge in [0.05, 0.1) is 7.11 Å². The van der Waals surface area contributed by atoms with Crippen LogP contribution in [0, 0.1) is 5.92 Å². The summed E-state index contributed by atoms with van der Waals surface area (Å²) in [6, 6.07) is 7.51. The van der Waals surface area contributed by atoms with Crippen molar-refractivity contribution in [1.82, 2.24) is 5.32 Å². The number of aliphatic hydroxyl groups is 1. The SMILES string of the molecule is COc1ccc2c(c1)C[C@H](N[C@@H]1CCC[C@H]1CO)CC2. The van der Waals surface area contributed by atoms with Crippen LogP contribution in [0.15, 0.2) is 18.2 Å². The number of benzene rings is 1. The van der Waals surface area contributed by atoms with Crippen molar-refractivity contribution >= 4 is 0 Å². The summed E-state index contributed by atoms with van der Waals surface area (Å²) in [6.45, 7) is 0.328. The van der Waals surface area contributed by atoms with Crippen LogP contribution in [-0.4, -0.2) is 30.9 Å².